The van der Waals surface area contributed by atoms with Crippen LogP contribution in [0.4, 0.5) is 0 Å². The fourth-order valence-electron chi connectivity index (χ4n) is 0.324. The van der Waals surface area contributed by atoms with E-state index in [0.29, 0.717) is 5.06 Å². The van der Waals surface area contributed by atoms with Gasteiger partial charge < -0.3 is 0 Å². The first-order valence-corrected chi connectivity index (χ1v) is 3.87. The molecular weight excluding hydrogens is 152 g/mol. The Morgan fingerprint density at radius 3 is 2.60 bits per heavy atom. The molecule has 0 spiro atoms. The van der Waals surface area contributed by atoms with E-state index < -0.39 is 5.91 Å². The van der Waals surface area contributed by atoms with Crippen molar-refractivity contribution in [3.63, 3.8) is 0 Å². The van der Waals surface area contributed by atoms with Crippen LogP contribution in [0.2, 0.25) is 0 Å². The molecule has 10 heavy (non-hydrogen) atoms. The summed E-state index contributed by atoms with van der Waals surface area (Å²) in [5, 5.41) is 16.4. The minimum absolute atomic E-state index is 0.0197. The topological polar surface area (TPSA) is 64.4 Å². The highest BCUT2D eigenvalue weighted by atomic mass is 32.2. The Morgan fingerprint density at radius 1 is 1.80 bits per heavy atom. The molecule has 0 saturated carbocycles. The van der Waals surface area contributed by atoms with Crippen LogP contribution in [0.3, 0.4) is 0 Å². The molecule has 0 fully saturated rings. The monoisotopic (exact) mass is 162 g/mol. The maximum absolute atomic E-state index is 10.6. The number of amides is 1. The van der Waals surface area contributed by atoms with Crippen molar-refractivity contribution in [2.24, 2.45) is 0 Å². The van der Waals surface area contributed by atoms with Crippen molar-refractivity contribution in [2.75, 3.05) is 13.3 Å². The second-order valence-electron chi connectivity index (χ2n) is 1.72. The van der Waals surface area contributed by atoms with Gasteiger partial charge in [0.15, 0.2) is 0 Å². The summed E-state index contributed by atoms with van der Waals surface area (Å²) in [4.78, 5) is 10.6. The Kier molecular flexibility index (Phi) is 4.06. The largest absolute Gasteiger partial charge is 0.298 e. The van der Waals surface area contributed by atoms with Gasteiger partial charge in [-0.05, 0) is 6.26 Å². The number of carbonyl (C=O) groups excluding carboxylic acids is 1. The summed E-state index contributed by atoms with van der Waals surface area (Å²) in [5.74, 6) is -0.459. The third kappa shape index (κ3) is 3.47. The van der Waals surface area contributed by atoms with Gasteiger partial charge in [0, 0.05) is 7.05 Å². The highest BCUT2D eigenvalue weighted by Crippen LogP contribution is 2.00. The second kappa shape index (κ2) is 4.29. The Labute approximate surface area is 63.7 Å². The predicted octanol–water partition coefficient (Wildman–Crippen LogP) is 0.564. The fourth-order valence-corrected chi connectivity index (χ4v) is 0.592. The van der Waals surface area contributed by atoms with E-state index >= 15 is 0 Å². The number of nitrogens with zero attached hydrogens (tertiary/aromatic N) is 1. The van der Waals surface area contributed by atoms with Crippen LogP contribution in [0, 0.1) is 5.41 Å². The van der Waals surface area contributed by atoms with Crippen molar-refractivity contribution in [3.8, 4) is 0 Å². The van der Waals surface area contributed by atoms with Crippen LogP contribution in [0.1, 0.15) is 6.42 Å². The van der Waals surface area contributed by atoms with Gasteiger partial charge in [-0.15, -0.1) is 11.8 Å². The van der Waals surface area contributed by atoms with Crippen LogP contribution in [0.25, 0.3) is 0 Å². The lowest BCUT2D eigenvalue weighted by molar-refractivity contribution is -0.157. The Balaban J connectivity index is 3.69. The van der Waals surface area contributed by atoms with E-state index in [1.54, 1.807) is 6.26 Å². The molecule has 0 heterocycles. The van der Waals surface area contributed by atoms with E-state index in [9.17, 15) is 4.79 Å². The third-order valence-corrected chi connectivity index (χ3v) is 1.56. The molecule has 4 nitrogen and oxygen atoms in total. The molecule has 0 aromatic rings. The van der Waals surface area contributed by atoms with Gasteiger partial charge in [-0.1, -0.05) is 0 Å². The maximum atomic E-state index is 10.6. The summed E-state index contributed by atoms with van der Waals surface area (Å²) < 4.78 is 0. The molecule has 0 rings (SSSR count). The number of hydrogen-bond acceptors (Lipinski definition) is 4. The number of nitrogens with one attached hydrogen (secondary N) is 1. The molecule has 0 aliphatic heterocycles. The molecule has 0 atom stereocenters. The lowest BCUT2D eigenvalue weighted by Crippen LogP contribution is -2.23. The van der Waals surface area contributed by atoms with E-state index in [1.807, 2.05) is 0 Å². The van der Waals surface area contributed by atoms with Gasteiger partial charge in [-0.2, -0.15) is 0 Å². The minimum Gasteiger partial charge on any atom is -0.298 e. The van der Waals surface area contributed by atoms with Gasteiger partial charge in [0.25, 0.3) is 5.91 Å². The first kappa shape index (κ1) is 9.45. The van der Waals surface area contributed by atoms with Crippen molar-refractivity contribution in [1.82, 2.24) is 5.06 Å². The van der Waals surface area contributed by atoms with Crippen LogP contribution < -0.4 is 0 Å². The molecule has 0 aromatic heterocycles. The molecule has 2 N–H and O–H groups in total. The van der Waals surface area contributed by atoms with Gasteiger partial charge in [-0.25, -0.2) is 5.06 Å². The van der Waals surface area contributed by atoms with Crippen LogP contribution in [0.15, 0.2) is 0 Å². The summed E-state index contributed by atoms with van der Waals surface area (Å²) >= 11 is 1.20. The zero-order valence-corrected chi connectivity index (χ0v) is 6.73. The summed E-state index contributed by atoms with van der Waals surface area (Å²) in [6.45, 7) is 0. The molecule has 0 radical (unpaired) electrons. The number of carbonyl (C=O) groups is 1. The number of hydroxylamine groups is 2. The highest BCUT2D eigenvalue weighted by Gasteiger charge is 2.07. The van der Waals surface area contributed by atoms with Gasteiger partial charge in [0.05, 0.1) is 11.5 Å². The van der Waals surface area contributed by atoms with Crippen molar-refractivity contribution < 1.29 is 10.0 Å². The molecule has 58 valence electrons. The molecular formula is C5H10N2O2S. The second-order valence-corrected chi connectivity index (χ2v) is 2.62. The molecule has 1 amide bonds. The maximum Gasteiger partial charge on any atom is 0.252 e. The molecule has 5 heteroatoms. The molecule has 0 unspecified atom stereocenters. The zero-order chi connectivity index (χ0) is 8.15. The first-order chi connectivity index (χ1) is 4.57. The van der Waals surface area contributed by atoms with Crippen molar-refractivity contribution in [3.05, 3.63) is 0 Å². The van der Waals surface area contributed by atoms with Crippen LogP contribution >= 0.6 is 11.8 Å². The quantitative estimate of drug-likeness (QED) is 0.270. The Bertz CT molecular complexity index is 147. The van der Waals surface area contributed by atoms with Crippen LogP contribution in [-0.2, 0) is 4.79 Å². The third-order valence-electron chi connectivity index (χ3n) is 0.919. The molecule has 0 aliphatic rings. The lowest BCUT2D eigenvalue weighted by Gasteiger charge is -2.06. The van der Waals surface area contributed by atoms with Crippen LogP contribution in [-0.4, -0.2) is 34.5 Å². The average Bonchev–Trinajstić information content (AvgIpc) is 1.87. The van der Waals surface area contributed by atoms with E-state index in [1.165, 1.54) is 18.8 Å². The predicted molar refractivity (Wildman–Crippen MR) is 40.4 cm³/mol. The smallest absolute Gasteiger partial charge is 0.252 e. The van der Waals surface area contributed by atoms with E-state index in [2.05, 4.69) is 0 Å². The Morgan fingerprint density at radius 2 is 2.30 bits per heavy atom. The first-order valence-electron chi connectivity index (χ1n) is 2.64. The summed E-state index contributed by atoms with van der Waals surface area (Å²) in [6, 6.07) is 0. The highest BCUT2D eigenvalue weighted by molar-refractivity contribution is 8.13. The fraction of sp³-hybridized carbons (Fsp3) is 0.600. The minimum atomic E-state index is -0.459. The Hall–Kier alpha value is -0.550. The SMILES string of the molecule is CSC(=N)CC(=O)N(C)O. The van der Waals surface area contributed by atoms with Crippen molar-refractivity contribution in [2.45, 2.75) is 6.42 Å². The molecule has 0 bridgehead atoms. The summed E-state index contributed by atoms with van der Waals surface area (Å²) in [6.07, 6.45) is 1.70. The molecule has 0 saturated heterocycles. The standard InChI is InChI=1S/C5H10N2O2S/c1-7(9)5(8)3-4(6)10-2/h6,9H,3H2,1-2H3. The van der Waals surface area contributed by atoms with Gasteiger partial charge in [-0.3, -0.25) is 15.4 Å². The summed E-state index contributed by atoms with van der Waals surface area (Å²) in [7, 11) is 1.25. The number of hydrogen-bond donors (Lipinski definition) is 2. The molecule has 0 aromatic carbocycles. The number of thioether (sulfide) groups is 1. The lowest BCUT2D eigenvalue weighted by atomic mass is 10.4. The zero-order valence-electron chi connectivity index (χ0n) is 5.92. The van der Waals surface area contributed by atoms with Crippen molar-refractivity contribution >= 4 is 22.7 Å². The van der Waals surface area contributed by atoms with E-state index in [-0.39, 0.29) is 11.5 Å². The van der Waals surface area contributed by atoms with Gasteiger partial charge >= 0.3 is 0 Å². The molecule has 0 aliphatic carbocycles. The van der Waals surface area contributed by atoms with Gasteiger partial charge in [0.2, 0.25) is 0 Å². The van der Waals surface area contributed by atoms with E-state index in [4.69, 9.17) is 10.6 Å². The number of rotatable bonds is 2. The average molecular weight is 162 g/mol. The van der Waals surface area contributed by atoms with E-state index in [0.717, 1.165) is 0 Å². The van der Waals surface area contributed by atoms with Crippen molar-refractivity contribution in [1.29, 1.82) is 5.41 Å². The van der Waals surface area contributed by atoms with Crippen LogP contribution in [0.5, 0.6) is 0 Å². The van der Waals surface area contributed by atoms with Gasteiger partial charge in [0.1, 0.15) is 0 Å². The summed E-state index contributed by atoms with van der Waals surface area (Å²) in [5.41, 5.74) is 0. The normalized spacial score (nSPS) is 9.10.